The van der Waals surface area contributed by atoms with Crippen molar-refractivity contribution in [1.29, 1.82) is 0 Å². The van der Waals surface area contributed by atoms with E-state index in [2.05, 4.69) is 99.7 Å². The Balaban J connectivity index is 1.47. The first-order valence-electron chi connectivity index (χ1n) is 14.1. The van der Waals surface area contributed by atoms with E-state index in [9.17, 15) is 0 Å². The van der Waals surface area contributed by atoms with Crippen LogP contribution in [0.4, 0.5) is 0 Å². The molecule has 0 aliphatic heterocycles. The van der Waals surface area contributed by atoms with Crippen molar-refractivity contribution in [3.8, 4) is 27.6 Å². The van der Waals surface area contributed by atoms with Crippen LogP contribution in [0.2, 0.25) is 0 Å². The number of hydrogen-bond acceptors (Lipinski definition) is 7. The van der Waals surface area contributed by atoms with Crippen molar-refractivity contribution < 1.29 is 0 Å². The molecule has 0 saturated heterocycles. The molecular formula is C33H37N7S. The van der Waals surface area contributed by atoms with Gasteiger partial charge in [-0.15, -0.1) is 11.3 Å². The third-order valence-corrected chi connectivity index (χ3v) is 7.70. The summed E-state index contributed by atoms with van der Waals surface area (Å²) in [6.45, 7) is 3.64. The first kappa shape index (κ1) is 28.5. The lowest BCUT2D eigenvalue weighted by molar-refractivity contribution is 0.403. The zero-order valence-electron chi connectivity index (χ0n) is 24.0. The van der Waals surface area contributed by atoms with Gasteiger partial charge in [-0.05, 0) is 83.0 Å². The van der Waals surface area contributed by atoms with E-state index in [1.54, 1.807) is 11.3 Å². The molecule has 0 amide bonds. The SMILES string of the molecule is CNCCCN=Cc1ccc(-c2nc(-c3ccc(C=NCCCN(C)C)cc3)nc3c2ccn3-c2ccccc2)s1. The predicted octanol–water partition coefficient (Wildman–Crippen LogP) is 6.22. The van der Waals surface area contributed by atoms with Crippen LogP contribution in [0.1, 0.15) is 23.3 Å². The molecule has 5 rings (SSSR count). The second kappa shape index (κ2) is 14.1. The first-order valence-corrected chi connectivity index (χ1v) is 14.9. The molecule has 210 valence electrons. The number of para-hydroxylation sites is 1. The number of aliphatic imine (C=N–C) groups is 2. The van der Waals surface area contributed by atoms with Crippen LogP contribution in [0.25, 0.3) is 38.7 Å². The molecule has 1 N–H and O–H groups in total. The van der Waals surface area contributed by atoms with Crippen molar-refractivity contribution in [3.05, 3.63) is 89.4 Å². The van der Waals surface area contributed by atoms with E-state index in [-0.39, 0.29) is 0 Å². The van der Waals surface area contributed by atoms with Crippen LogP contribution in [0.3, 0.4) is 0 Å². The molecule has 0 fully saturated rings. The number of aromatic nitrogens is 3. The first-order chi connectivity index (χ1) is 20.1. The number of benzene rings is 2. The fourth-order valence-electron chi connectivity index (χ4n) is 4.55. The van der Waals surface area contributed by atoms with Crippen LogP contribution in [0, 0.1) is 0 Å². The van der Waals surface area contributed by atoms with Crippen LogP contribution in [0.15, 0.2) is 89.0 Å². The molecule has 41 heavy (non-hydrogen) atoms. The Morgan fingerprint density at radius 2 is 1.66 bits per heavy atom. The molecule has 7 nitrogen and oxygen atoms in total. The van der Waals surface area contributed by atoms with Crippen LogP contribution in [-0.4, -0.2) is 79.2 Å². The number of nitrogens with zero attached hydrogens (tertiary/aromatic N) is 6. The molecule has 3 aromatic heterocycles. The van der Waals surface area contributed by atoms with Crippen molar-refractivity contribution in [1.82, 2.24) is 24.8 Å². The van der Waals surface area contributed by atoms with Crippen molar-refractivity contribution in [3.63, 3.8) is 0 Å². The monoisotopic (exact) mass is 563 g/mol. The van der Waals surface area contributed by atoms with Gasteiger partial charge in [-0.3, -0.25) is 9.98 Å². The molecule has 3 heterocycles. The molecule has 8 heteroatoms. The van der Waals surface area contributed by atoms with E-state index in [1.165, 1.54) is 0 Å². The number of thiophene rings is 1. The molecule has 0 unspecified atom stereocenters. The summed E-state index contributed by atoms with van der Waals surface area (Å²) < 4.78 is 2.14. The molecule has 5 aromatic rings. The van der Waals surface area contributed by atoms with Gasteiger partial charge in [-0.2, -0.15) is 0 Å². The Morgan fingerprint density at radius 3 is 2.44 bits per heavy atom. The quantitative estimate of drug-likeness (QED) is 0.137. The normalized spacial score (nSPS) is 12.0. The number of rotatable bonds is 13. The Morgan fingerprint density at radius 1 is 0.878 bits per heavy atom. The molecule has 2 aromatic carbocycles. The minimum absolute atomic E-state index is 0.702. The number of nitrogens with one attached hydrogen (secondary N) is 1. The molecule has 0 aliphatic rings. The molecule has 0 spiro atoms. The molecular weight excluding hydrogens is 526 g/mol. The van der Waals surface area contributed by atoms with Crippen molar-refractivity contribution in [2.45, 2.75) is 12.8 Å². The predicted molar refractivity (Wildman–Crippen MR) is 174 cm³/mol. The van der Waals surface area contributed by atoms with Gasteiger partial charge in [0.25, 0.3) is 0 Å². The highest BCUT2D eigenvalue weighted by Crippen LogP contribution is 2.34. The second-order valence-corrected chi connectivity index (χ2v) is 11.3. The molecule has 0 saturated carbocycles. The van der Waals surface area contributed by atoms with Crippen LogP contribution >= 0.6 is 11.3 Å². The molecule has 0 bridgehead atoms. The maximum absolute atomic E-state index is 5.11. The fourth-order valence-corrected chi connectivity index (χ4v) is 5.45. The van der Waals surface area contributed by atoms with E-state index in [1.807, 2.05) is 37.7 Å². The van der Waals surface area contributed by atoms with Crippen molar-refractivity contribution in [2.24, 2.45) is 9.98 Å². The summed E-state index contributed by atoms with van der Waals surface area (Å²) in [5.41, 5.74) is 4.94. The van der Waals surface area contributed by atoms with Crippen LogP contribution in [-0.2, 0) is 0 Å². The van der Waals surface area contributed by atoms with Gasteiger partial charge < -0.3 is 14.8 Å². The molecule has 0 radical (unpaired) electrons. The maximum Gasteiger partial charge on any atom is 0.162 e. The Hall–Kier alpha value is -3.98. The van der Waals surface area contributed by atoms with Gasteiger partial charge in [0.05, 0.1) is 10.6 Å². The van der Waals surface area contributed by atoms with Gasteiger partial charge in [0.2, 0.25) is 0 Å². The minimum Gasteiger partial charge on any atom is -0.320 e. The average molecular weight is 564 g/mol. The fraction of sp³-hybridized carbons (Fsp3) is 0.273. The Kier molecular flexibility index (Phi) is 9.80. The topological polar surface area (TPSA) is 70.7 Å². The van der Waals surface area contributed by atoms with E-state index < -0.39 is 0 Å². The van der Waals surface area contributed by atoms with Gasteiger partial charge in [0.1, 0.15) is 5.65 Å². The summed E-state index contributed by atoms with van der Waals surface area (Å²) in [5, 5.41) is 4.19. The molecule has 0 atom stereocenters. The summed E-state index contributed by atoms with van der Waals surface area (Å²) in [7, 11) is 6.14. The van der Waals surface area contributed by atoms with E-state index in [0.29, 0.717) is 5.82 Å². The third kappa shape index (κ3) is 7.41. The summed E-state index contributed by atoms with van der Waals surface area (Å²) in [6, 6.07) is 25.0. The lowest BCUT2D eigenvalue weighted by Gasteiger charge is -2.09. The lowest BCUT2D eigenvalue weighted by atomic mass is 10.1. The van der Waals surface area contributed by atoms with Crippen LogP contribution < -0.4 is 5.32 Å². The van der Waals surface area contributed by atoms with Gasteiger partial charge in [0.15, 0.2) is 5.82 Å². The Bertz CT molecular complexity index is 1600. The largest absolute Gasteiger partial charge is 0.320 e. The standard InChI is InChI=1S/C33H37N7S/c1-34-18-7-19-36-24-28-15-16-30(41-28)31-29-17-22-40(27-9-5-4-6-10-27)33(29)38-32(37-31)26-13-11-25(12-14-26)23-35-20-8-21-39(2)3/h4-6,9-17,22-24,34H,7-8,18-21H2,1-3H3. The van der Waals surface area contributed by atoms with E-state index in [4.69, 9.17) is 9.97 Å². The average Bonchev–Trinajstić information content (AvgIpc) is 3.65. The number of fused-ring (bicyclic) bond motifs is 1. The van der Waals surface area contributed by atoms with Gasteiger partial charge >= 0.3 is 0 Å². The van der Waals surface area contributed by atoms with Gasteiger partial charge in [0, 0.05) is 53.2 Å². The van der Waals surface area contributed by atoms with Crippen LogP contribution in [0.5, 0.6) is 0 Å². The summed E-state index contributed by atoms with van der Waals surface area (Å²) in [4.78, 5) is 23.8. The van der Waals surface area contributed by atoms with E-state index >= 15 is 0 Å². The number of hydrogen-bond donors (Lipinski definition) is 1. The highest BCUT2D eigenvalue weighted by molar-refractivity contribution is 7.17. The summed E-state index contributed by atoms with van der Waals surface area (Å²) in [5.74, 6) is 0.702. The molecule has 0 aliphatic carbocycles. The highest BCUT2D eigenvalue weighted by Gasteiger charge is 2.16. The zero-order valence-corrected chi connectivity index (χ0v) is 24.8. The summed E-state index contributed by atoms with van der Waals surface area (Å²) >= 11 is 1.71. The second-order valence-electron chi connectivity index (χ2n) is 10.2. The lowest BCUT2D eigenvalue weighted by Crippen LogP contribution is -2.13. The van der Waals surface area contributed by atoms with E-state index in [0.717, 1.165) is 82.3 Å². The summed E-state index contributed by atoms with van der Waals surface area (Å²) in [6.07, 6.45) is 8.07. The third-order valence-electron chi connectivity index (χ3n) is 6.67. The van der Waals surface area contributed by atoms with Gasteiger partial charge in [-0.25, -0.2) is 9.97 Å². The Labute approximate surface area is 246 Å². The zero-order chi connectivity index (χ0) is 28.4. The van der Waals surface area contributed by atoms with Crippen molar-refractivity contribution >= 4 is 34.8 Å². The van der Waals surface area contributed by atoms with Gasteiger partial charge in [-0.1, -0.05) is 42.5 Å². The smallest absolute Gasteiger partial charge is 0.162 e. The van der Waals surface area contributed by atoms with Crippen molar-refractivity contribution in [2.75, 3.05) is 47.3 Å². The minimum atomic E-state index is 0.702. The highest BCUT2D eigenvalue weighted by atomic mass is 32.1. The maximum atomic E-state index is 5.11.